The van der Waals surface area contributed by atoms with Crippen LogP contribution in [0.4, 0.5) is 0 Å². The summed E-state index contributed by atoms with van der Waals surface area (Å²) >= 11 is 0. The first-order valence-corrected chi connectivity index (χ1v) is 7.69. The van der Waals surface area contributed by atoms with Gasteiger partial charge in [0, 0.05) is 12.5 Å². The van der Waals surface area contributed by atoms with Gasteiger partial charge in [-0.3, -0.25) is 0 Å². The summed E-state index contributed by atoms with van der Waals surface area (Å²) < 4.78 is 5.39. The highest BCUT2D eigenvalue weighted by atomic mass is 16.5. The predicted octanol–water partition coefficient (Wildman–Crippen LogP) is 3.86. The maximum atomic E-state index is 5.39. The first-order chi connectivity index (χ1) is 10.3. The van der Waals surface area contributed by atoms with E-state index in [2.05, 4.69) is 54.7 Å². The highest BCUT2D eigenvalue weighted by Crippen LogP contribution is 2.38. The average Bonchev–Trinajstić information content (AvgIpc) is 2.55. The molecule has 21 heavy (non-hydrogen) atoms. The van der Waals surface area contributed by atoms with E-state index in [0.29, 0.717) is 11.8 Å². The summed E-state index contributed by atoms with van der Waals surface area (Å²) in [6.45, 7) is 4.30. The summed E-state index contributed by atoms with van der Waals surface area (Å²) in [7, 11) is 1.74. The lowest BCUT2D eigenvalue weighted by Gasteiger charge is -2.33. The molecule has 1 fully saturated rings. The van der Waals surface area contributed by atoms with Crippen molar-refractivity contribution in [1.82, 2.24) is 5.32 Å². The molecule has 1 aliphatic rings. The van der Waals surface area contributed by atoms with Crippen molar-refractivity contribution < 1.29 is 4.74 Å². The molecule has 1 N–H and O–H groups in total. The van der Waals surface area contributed by atoms with Gasteiger partial charge in [0.1, 0.15) is 5.75 Å². The number of ether oxygens (including phenoxy) is 1. The van der Waals surface area contributed by atoms with Crippen LogP contribution in [0.15, 0.2) is 48.5 Å². The molecule has 110 valence electrons. The normalized spacial score (nSPS) is 22.0. The van der Waals surface area contributed by atoms with E-state index in [1.54, 1.807) is 7.11 Å². The Hall–Kier alpha value is -1.80. The van der Waals surface area contributed by atoms with E-state index in [1.165, 1.54) is 23.1 Å². The third kappa shape index (κ3) is 3.11. The predicted molar refractivity (Wildman–Crippen MR) is 87.1 cm³/mol. The van der Waals surface area contributed by atoms with Gasteiger partial charge in [-0.25, -0.2) is 0 Å². The number of aryl methyl sites for hydroxylation is 1. The standard InChI is InChI=1S/C19H23NO/c1-14-5-3-6-15(11-14)19-13-20-10-9-18(19)16-7-4-8-17(12-16)21-2/h3-8,11-12,18-20H,9-10,13H2,1-2H3. The molecular formula is C19H23NO. The second kappa shape index (κ2) is 6.31. The van der Waals surface area contributed by atoms with Crippen LogP contribution in [-0.2, 0) is 0 Å². The fourth-order valence-electron chi connectivity index (χ4n) is 3.38. The minimum atomic E-state index is 0.533. The zero-order chi connectivity index (χ0) is 14.7. The zero-order valence-corrected chi connectivity index (χ0v) is 12.8. The molecule has 0 aromatic heterocycles. The second-order valence-corrected chi connectivity index (χ2v) is 5.90. The van der Waals surface area contributed by atoms with Gasteiger partial charge >= 0.3 is 0 Å². The van der Waals surface area contributed by atoms with Crippen molar-refractivity contribution in [1.29, 1.82) is 0 Å². The maximum Gasteiger partial charge on any atom is 0.119 e. The van der Waals surface area contributed by atoms with E-state index in [0.717, 1.165) is 18.8 Å². The largest absolute Gasteiger partial charge is 0.497 e. The number of rotatable bonds is 3. The second-order valence-electron chi connectivity index (χ2n) is 5.90. The monoisotopic (exact) mass is 281 g/mol. The third-order valence-electron chi connectivity index (χ3n) is 4.47. The van der Waals surface area contributed by atoms with E-state index >= 15 is 0 Å². The van der Waals surface area contributed by atoms with Crippen molar-refractivity contribution in [3.8, 4) is 5.75 Å². The molecule has 1 aliphatic heterocycles. The number of benzene rings is 2. The van der Waals surface area contributed by atoms with Crippen molar-refractivity contribution in [2.45, 2.75) is 25.2 Å². The van der Waals surface area contributed by atoms with Crippen LogP contribution in [0.3, 0.4) is 0 Å². The number of piperidine rings is 1. The quantitative estimate of drug-likeness (QED) is 0.922. The van der Waals surface area contributed by atoms with Crippen LogP contribution in [-0.4, -0.2) is 20.2 Å². The van der Waals surface area contributed by atoms with E-state index in [4.69, 9.17) is 4.74 Å². The minimum Gasteiger partial charge on any atom is -0.497 e. The highest BCUT2D eigenvalue weighted by molar-refractivity contribution is 5.36. The van der Waals surface area contributed by atoms with Gasteiger partial charge in [-0.2, -0.15) is 0 Å². The van der Waals surface area contributed by atoms with Gasteiger partial charge in [0.15, 0.2) is 0 Å². The summed E-state index contributed by atoms with van der Waals surface area (Å²) in [4.78, 5) is 0. The first-order valence-electron chi connectivity index (χ1n) is 7.69. The number of nitrogens with one attached hydrogen (secondary N) is 1. The van der Waals surface area contributed by atoms with Gasteiger partial charge in [-0.05, 0) is 49.1 Å². The lowest BCUT2D eigenvalue weighted by Crippen LogP contribution is -2.34. The fraction of sp³-hybridized carbons (Fsp3) is 0.368. The van der Waals surface area contributed by atoms with Crippen LogP contribution in [0.1, 0.15) is 34.9 Å². The Morgan fingerprint density at radius 1 is 1.00 bits per heavy atom. The Morgan fingerprint density at radius 3 is 2.52 bits per heavy atom. The van der Waals surface area contributed by atoms with Crippen LogP contribution in [0, 0.1) is 6.92 Å². The van der Waals surface area contributed by atoms with Crippen LogP contribution in [0.25, 0.3) is 0 Å². The molecular weight excluding hydrogens is 258 g/mol. The van der Waals surface area contributed by atoms with E-state index in [9.17, 15) is 0 Å². The molecule has 0 spiro atoms. The number of hydrogen-bond donors (Lipinski definition) is 1. The number of methoxy groups -OCH3 is 1. The molecule has 0 bridgehead atoms. The SMILES string of the molecule is COc1cccc(C2CCNCC2c2cccc(C)c2)c1. The Kier molecular flexibility index (Phi) is 4.26. The van der Waals surface area contributed by atoms with Gasteiger partial charge in [-0.1, -0.05) is 42.0 Å². The first kappa shape index (κ1) is 14.2. The van der Waals surface area contributed by atoms with E-state index < -0.39 is 0 Å². The van der Waals surface area contributed by atoms with Gasteiger partial charge < -0.3 is 10.1 Å². The van der Waals surface area contributed by atoms with E-state index in [-0.39, 0.29) is 0 Å². The summed E-state index contributed by atoms with van der Waals surface area (Å²) in [5, 5.41) is 3.55. The molecule has 0 radical (unpaired) electrons. The molecule has 3 rings (SSSR count). The van der Waals surface area contributed by atoms with Gasteiger partial charge in [0.05, 0.1) is 7.11 Å². The van der Waals surface area contributed by atoms with Crippen molar-refractivity contribution in [2.75, 3.05) is 20.2 Å². The molecule has 0 amide bonds. The lowest BCUT2D eigenvalue weighted by atomic mass is 9.77. The van der Waals surface area contributed by atoms with Crippen molar-refractivity contribution in [2.24, 2.45) is 0 Å². The summed E-state index contributed by atoms with van der Waals surface area (Å²) in [6, 6.07) is 17.5. The molecule has 2 atom stereocenters. The van der Waals surface area contributed by atoms with Gasteiger partial charge in [0.25, 0.3) is 0 Å². The summed E-state index contributed by atoms with van der Waals surface area (Å²) in [5.41, 5.74) is 4.17. The van der Waals surface area contributed by atoms with Crippen LogP contribution in [0.2, 0.25) is 0 Å². The highest BCUT2D eigenvalue weighted by Gasteiger charge is 2.27. The third-order valence-corrected chi connectivity index (χ3v) is 4.47. The summed E-state index contributed by atoms with van der Waals surface area (Å²) in [6.07, 6.45) is 1.17. The van der Waals surface area contributed by atoms with Crippen molar-refractivity contribution >= 4 is 0 Å². The van der Waals surface area contributed by atoms with Crippen LogP contribution < -0.4 is 10.1 Å². The molecule has 2 nitrogen and oxygen atoms in total. The Labute approximate surface area is 127 Å². The summed E-state index contributed by atoms with van der Waals surface area (Å²) in [5.74, 6) is 2.04. The molecule has 2 unspecified atom stereocenters. The fourth-order valence-corrected chi connectivity index (χ4v) is 3.38. The Balaban J connectivity index is 1.94. The Bertz CT molecular complexity index is 608. The maximum absolute atomic E-state index is 5.39. The lowest BCUT2D eigenvalue weighted by molar-refractivity contribution is 0.396. The molecule has 0 aliphatic carbocycles. The molecule has 0 saturated carbocycles. The average molecular weight is 281 g/mol. The molecule has 2 aromatic carbocycles. The molecule has 2 heteroatoms. The molecule has 2 aromatic rings. The van der Waals surface area contributed by atoms with Crippen LogP contribution in [0.5, 0.6) is 5.75 Å². The van der Waals surface area contributed by atoms with Gasteiger partial charge in [0.2, 0.25) is 0 Å². The van der Waals surface area contributed by atoms with Crippen molar-refractivity contribution in [3.63, 3.8) is 0 Å². The number of hydrogen-bond acceptors (Lipinski definition) is 2. The topological polar surface area (TPSA) is 21.3 Å². The van der Waals surface area contributed by atoms with E-state index in [1.807, 2.05) is 6.07 Å². The van der Waals surface area contributed by atoms with Crippen molar-refractivity contribution in [3.05, 3.63) is 65.2 Å². The molecule has 1 heterocycles. The zero-order valence-electron chi connectivity index (χ0n) is 12.8. The smallest absolute Gasteiger partial charge is 0.119 e. The minimum absolute atomic E-state index is 0.533. The molecule has 1 saturated heterocycles. The van der Waals surface area contributed by atoms with Crippen LogP contribution >= 0.6 is 0 Å². The Morgan fingerprint density at radius 2 is 1.76 bits per heavy atom. The van der Waals surface area contributed by atoms with Gasteiger partial charge in [-0.15, -0.1) is 0 Å².